The molecule has 1 aromatic carbocycles. The molecule has 1 aromatic heterocycles. The number of carbonyl (C=O) groups is 1. The Morgan fingerprint density at radius 3 is 2.57 bits per heavy atom. The monoisotopic (exact) mass is 390 g/mol. The molecule has 3 rings (SSSR count). The summed E-state index contributed by atoms with van der Waals surface area (Å²) in [6.45, 7) is -0.197. The van der Waals surface area contributed by atoms with Crippen LogP contribution in [0.25, 0.3) is 6.08 Å². The Bertz CT molecular complexity index is 823. The number of alkyl halides is 2. The standard InChI is InChI=1S/C20H21F2N3O3/c1-27-17-14-15(5-7-16(17)28-20(21)22)6-8-19(26)25-12-10-24(11-13-25)18-4-2-3-9-23-18/h2-9,14,20H,10-13H2,1H3/p+1/b8-6+. The molecule has 1 N–H and O–H groups in total. The third-order valence-corrected chi connectivity index (χ3v) is 4.45. The minimum atomic E-state index is -2.93. The van der Waals surface area contributed by atoms with Crippen LogP contribution in [0.2, 0.25) is 0 Å². The van der Waals surface area contributed by atoms with Crippen molar-refractivity contribution in [3.05, 3.63) is 54.2 Å². The Morgan fingerprint density at radius 2 is 1.93 bits per heavy atom. The van der Waals surface area contributed by atoms with Gasteiger partial charge in [0.1, 0.15) is 13.1 Å². The molecule has 6 nitrogen and oxygen atoms in total. The second-order valence-electron chi connectivity index (χ2n) is 6.18. The van der Waals surface area contributed by atoms with Crippen LogP contribution < -0.4 is 19.4 Å². The SMILES string of the molecule is COc1cc(/C=C/C(=O)N2CCN(c3cccc[nH+]3)CC2)ccc1OC(F)F. The minimum absolute atomic E-state index is 0.0465. The van der Waals surface area contributed by atoms with Crippen molar-refractivity contribution < 1.29 is 28.0 Å². The molecule has 0 unspecified atom stereocenters. The molecule has 1 fully saturated rings. The average molecular weight is 390 g/mol. The normalized spacial score (nSPS) is 14.6. The number of aromatic nitrogens is 1. The van der Waals surface area contributed by atoms with E-state index < -0.39 is 6.61 Å². The van der Waals surface area contributed by atoms with Gasteiger partial charge in [0.15, 0.2) is 11.5 Å². The van der Waals surface area contributed by atoms with Gasteiger partial charge in [0.25, 0.3) is 5.82 Å². The Hall–Kier alpha value is -3.16. The molecule has 0 spiro atoms. The number of nitrogens with one attached hydrogen (secondary N) is 1. The van der Waals surface area contributed by atoms with Gasteiger partial charge < -0.3 is 14.4 Å². The number of methoxy groups -OCH3 is 1. The zero-order valence-corrected chi connectivity index (χ0v) is 15.5. The zero-order valence-electron chi connectivity index (χ0n) is 15.5. The first-order valence-electron chi connectivity index (χ1n) is 8.88. The van der Waals surface area contributed by atoms with Crippen LogP contribution in [-0.2, 0) is 4.79 Å². The number of benzene rings is 1. The van der Waals surface area contributed by atoms with Gasteiger partial charge >= 0.3 is 6.61 Å². The molecule has 2 aromatic rings. The number of halogens is 2. The molecule has 0 saturated carbocycles. The molecule has 1 saturated heterocycles. The van der Waals surface area contributed by atoms with Crippen molar-refractivity contribution in [2.24, 2.45) is 0 Å². The lowest BCUT2D eigenvalue weighted by Crippen LogP contribution is -2.49. The average Bonchev–Trinajstić information content (AvgIpc) is 2.73. The molecular weight excluding hydrogens is 368 g/mol. The fourth-order valence-electron chi connectivity index (χ4n) is 3.00. The lowest BCUT2D eigenvalue weighted by Gasteiger charge is -2.30. The zero-order chi connectivity index (χ0) is 19.9. The topological polar surface area (TPSA) is 56.2 Å². The maximum atomic E-state index is 12.4. The van der Waals surface area contributed by atoms with Crippen molar-refractivity contribution in [3.63, 3.8) is 0 Å². The number of aromatic amines is 1. The molecule has 1 aliphatic rings. The van der Waals surface area contributed by atoms with Crippen molar-refractivity contribution in [3.8, 4) is 11.5 Å². The van der Waals surface area contributed by atoms with Crippen LogP contribution in [0.3, 0.4) is 0 Å². The van der Waals surface area contributed by atoms with E-state index in [1.54, 1.807) is 23.1 Å². The number of rotatable bonds is 6. The summed E-state index contributed by atoms with van der Waals surface area (Å²) in [5.74, 6) is 1.07. The second kappa shape index (κ2) is 9.16. The summed E-state index contributed by atoms with van der Waals surface area (Å²) in [6, 6.07) is 10.4. The highest BCUT2D eigenvalue weighted by molar-refractivity contribution is 5.92. The maximum absolute atomic E-state index is 12.4. The highest BCUT2D eigenvalue weighted by Crippen LogP contribution is 2.29. The Kier molecular flexibility index (Phi) is 6.41. The first kappa shape index (κ1) is 19.6. The molecule has 2 heterocycles. The largest absolute Gasteiger partial charge is 0.493 e. The van der Waals surface area contributed by atoms with Crippen LogP contribution in [0, 0.1) is 0 Å². The molecule has 1 amide bonds. The number of anilines is 1. The van der Waals surface area contributed by atoms with Crippen molar-refractivity contribution >= 4 is 17.8 Å². The van der Waals surface area contributed by atoms with Gasteiger partial charge in [-0.1, -0.05) is 12.1 Å². The van der Waals surface area contributed by atoms with E-state index in [0.29, 0.717) is 18.7 Å². The molecule has 1 aliphatic heterocycles. The lowest BCUT2D eigenvalue weighted by atomic mass is 10.2. The first-order valence-corrected chi connectivity index (χ1v) is 8.88. The Balaban J connectivity index is 1.58. The van der Waals surface area contributed by atoms with Gasteiger partial charge in [-0.3, -0.25) is 9.69 Å². The number of hydrogen-bond donors (Lipinski definition) is 0. The van der Waals surface area contributed by atoms with E-state index >= 15 is 0 Å². The summed E-state index contributed by atoms with van der Waals surface area (Å²) in [7, 11) is 1.37. The van der Waals surface area contributed by atoms with E-state index in [9.17, 15) is 13.6 Å². The van der Waals surface area contributed by atoms with Gasteiger partial charge in [0.05, 0.1) is 26.4 Å². The quantitative estimate of drug-likeness (QED) is 0.711. The third kappa shape index (κ3) is 4.97. The molecular formula is C20H22F2N3O3+. The van der Waals surface area contributed by atoms with Crippen LogP contribution in [0.4, 0.5) is 14.6 Å². The minimum Gasteiger partial charge on any atom is -0.493 e. The third-order valence-electron chi connectivity index (χ3n) is 4.45. The summed E-state index contributed by atoms with van der Waals surface area (Å²) >= 11 is 0. The smallest absolute Gasteiger partial charge is 0.387 e. The number of amides is 1. The van der Waals surface area contributed by atoms with Gasteiger partial charge in [-0.2, -0.15) is 8.78 Å². The van der Waals surface area contributed by atoms with Crippen LogP contribution in [0.15, 0.2) is 48.7 Å². The fourth-order valence-corrected chi connectivity index (χ4v) is 3.00. The van der Waals surface area contributed by atoms with Gasteiger partial charge in [-0.05, 0) is 29.8 Å². The lowest BCUT2D eigenvalue weighted by molar-refractivity contribution is -0.364. The molecule has 148 valence electrons. The summed E-state index contributed by atoms with van der Waals surface area (Å²) in [6.07, 6.45) is 4.99. The highest BCUT2D eigenvalue weighted by atomic mass is 19.3. The van der Waals surface area contributed by atoms with E-state index in [4.69, 9.17) is 4.74 Å². The van der Waals surface area contributed by atoms with Gasteiger partial charge in [0, 0.05) is 12.1 Å². The van der Waals surface area contributed by atoms with Crippen molar-refractivity contribution in [1.29, 1.82) is 0 Å². The molecule has 8 heteroatoms. The van der Waals surface area contributed by atoms with E-state index in [0.717, 1.165) is 18.9 Å². The number of ether oxygens (including phenoxy) is 2. The van der Waals surface area contributed by atoms with Gasteiger partial charge in [-0.25, -0.2) is 4.98 Å². The first-order chi connectivity index (χ1) is 13.6. The molecule has 0 bridgehead atoms. The molecule has 0 atom stereocenters. The molecule has 0 radical (unpaired) electrons. The van der Waals surface area contributed by atoms with Crippen molar-refractivity contribution in [2.75, 3.05) is 38.2 Å². The number of carbonyl (C=O) groups excluding carboxylic acids is 1. The number of piperazine rings is 1. The van der Waals surface area contributed by atoms with Gasteiger partial charge in [-0.15, -0.1) is 0 Å². The second-order valence-corrected chi connectivity index (χ2v) is 6.18. The summed E-state index contributed by atoms with van der Waals surface area (Å²) in [5.41, 5.74) is 0.657. The summed E-state index contributed by atoms with van der Waals surface area (Å²) in [5, 5.41) is 0. The van der Waals surface area contributed by atoms with Crippen molar-refractivity contribution in [1.82, 2.24) is 4.90 Å². The number of hydrogen-bond acceptors (Lipinski definition) is 4. The predicted molar refractivity (Wildman–Crippen MR) is 100 cm³/mol. The molecule has 28 heavy (non-hydrogen) atoms. The number of pyridine rings is 1. The van der Waals surface area contributed by atoms with E-state index in [1.807, 2.05) is 24.4 Å². The highest BCUT2D eigenvalue weighted by Gasteiger charge is 2.24. The van der Waals surface area contributed by atoms with Crippen LogP contribution in [0.5, 0.6) is 11.5 Å². The predicted octanol–water partition coefficient (Wildman–Crippen LogP) is 2.47. The van der Waals surface area contributed by atoms with Crippen LogP contribution in [-0.4, -0.2) is 50.7 Å². The fraction of sp³-hybridized carbons (Fsp3) is 0.300. The van der Waals surface area contributed by atoms with Crippen LogP contribution >= 0.6 is 0 Å². The van der Waals surface area contributed by atoms with E-state index in [2.05, 4.69) is 14.6 Å². The molecule has 0 aliphatic carbocycles. The number of nitrogens with zero attached hydrogens (tertiary/aromatic N) is 2. The van der Waals surface area contributed by atoms with E-state index in [1.165, 1.54) is 19.3 Å². The number of H-pyrrole nitrogens is 1. The maximum Gasteiger partial charge on any atom is 0.387 e. The van der Waals surface area contributed by atoms with E-state index in [-0.39, 0.29) is 17.4 Å². The Labute approximate surface area is 162 Å². The Morgan fingerprint density at radius 1 is 1.14 bits per heavy atom. The van der Waals surface area contributed by atoms with Crippen LogP contribution in [0.1, 0.15) is 5.56 Å². The van der Waals surface area contributed by atoms with Crippen molar-refractivity contribution in [2.45, 2.75) is 6.61 Å². The summed E-state index contributed by atoms with van der Waals surface area (Å²) in [4.78, 5) is 19.6. The summed E-state index contributed by atoms with van der Waals surface area (Å²) < 4.78 is 34.2. The van der Waals surface area contributed by atoms with Gasteiger partial charge in [0.2, 0.25) is 5.91 Å².